The molecule has 0 aliphatic heterocycles. The van der Waals surface area contributed by atoms with Gasteiger partial charge >= 0.3 is 12.5 Å². The molecule has 0 saturated heterocycles. The highest BCUT2D eigenvalue weighted by Crippen LogP contribution is 2.24. The van der Waals surface area contributed by atoms with Crippen LogP contribution in [0.5, 0.6) is 11.5 Å². The van der Waals surface area contributed by atoms with Gasteiger partial charge in [0.25, 0.3) is 0 Å². The molecule has 0 unspecified atom stereocenters. The molecular weight excluding hydrogens is 275 g/mol. The lowest BCUT2D eigenvalue weighted by Crippen LogP contribution is -2.25. The quantitative estimate of drug-likeness (QED) is 0.838. The maximum absolute atomic E-state index is 11.8. The van der Waals surface area contributed by atoms with Gasteiger partial charge in [0.2, 0.25) is 0 Å². The third-order valence-corrected chi connectivity index (χ3v) is 1.63. The van der Waals surface area contributed by atoms with Crippen LogP contribution >= 0.6 is 12.4 Å². The summed E-state index contributed by atoms with van der Waals surface area (Å²) < 4.78 is 44.0. The van der Waals surface area contributed by atoms with E-state index in [0.717, 1.165) is 12.1 Å². The van der Waals surface area contributed by atoms with Crippen molar-refractivity contribution in [2.24, 2.45) is 0 Å². The molecule has 0 spiro atoms. The number of amides is 1. The molecule has 8 heteroatoms. The zero-order chi connectivity index (χ0) is 13.1. The summed E-state index contributed by atoms with van der Waals surface area (Å²) in [7, 11) is 2.98. The zero-order valence-electron chi connectivity index (χ0n) is 9.52. The average Bonchev–Trinajstić information content (AvgIpc) is 2.18. The molecule has 0 aliphatic rings. The summed E-state index contributed by atoms with van der Waals surface area (Å²) >= 11 is 0. The van der Waals surface area contributed by atoms with Crippen molar-refractivity contribution in [2.45, 2.75) is 6.36 Å². The lowest BCUT2D eigenvalue weighted by atomic mass is 10.3. The van der Waals surface area contributed by atoms with E-state index in [1.165, 1.54) is 31.1 Å². The van der Waals surface area contributed by atoms with E-state index < -0.39 is 12.5 Å². The van der Waals surface area contributed by atoms with Crippen molar-refractivity contribution in [1.82, 2.24) is 4.90 Å². The Morgan fingerprint density at radius 3 is 1.94 bits per heavy atom. The Bertz CT molecular complexity index is 392. The molecule has 0 atom stereocenters. The van der Waals surface area contributed by atoms with Gasteiger partial charge in [0.05, 0.1) is 0 Å². The fraction of sp³-hybridized carbons (Fsp3) is 0.300. The average molecular weight is 286 g/mol. The molecule has 0 aliphatic carbocycles. The Balaban J connectivity index is 0.00000289. The van der Waals surface area contributed by atoms with Crippen molar-refractivity contribution >= 4 is 18.5 Å². The molecular formula is C10H11ClF3NO3. The topological polar surface area (TPSA) is 38.8 Å². The fourth-order valence-corrected chi connectivity index (χ4v) is 0.901. The molecule has 0 radical (unpaired) electrons. The van der Waals surface area contributed by atoms with E-state index in [4.69, 9.17) is 4.74 Å². The lowest BCUT2D eigenvalue weighted by molar-refractivity contribution is -0.274. The summed E-state index contributed by atoms with van der Waals surface area (Å²) in [6.07, 6.45) is -5.35. The van der Waals surface area contributed by atoms with Gasteiger partial charge in [-0.3, -0.25) is 0 Å². The van der Waals surface area contributed by atoms with E-state index in [1.54, 1.807) is 0 Å². The van der Waals surface area contributed by atoms with Gasteiger partial charge < -0.3 is 14.4 Å². The smallest absolute Gasteiger partial charge is 0.410 e. The Morgan fingerprint density at radius 2 is 1.56 bits per heavy atom. The monoisotopic (exact) mass is 285 g/mol. The lowest BCUT2D eigenvalue weighted by Gasteiger charge is -2.11. The van der Waals surface area contributed by atoms with E-state index in [9.17, 15) is 18.0 Å². The van der Waals surface area contributed by atoms with Crippen LogP contribution in [0.25, 0.3) is 0 Å². The molecule has 0 heterocycles. The molecule has 102 valence electrons. The van der Waals surface area contributed by atoms with Gasteiger partial charge in [-0.1, -0.05) is 0 Å². The maximum atomic E-state index is 11.8. The molecule has 4 nitrogen and oxygen atoms in total. The minimum atomic E-state index is -4.73. The van der Waals surface area contributed by atoms with E-state index in [1.807, 2.05) is 0 Å². The Labute approximate surface area is 108 Å². The van der Waals surface area contributed by atoms with Gasteiger partial charge in [0.1, 0.15) is 11.5 Å². The molecule has 1 rings (SSSR count). The van der Waals surface area contributed by atoms with E-state index >= 15 is 0 Å². The highest BCUT2D eigenvalue weighted by Gasteiger charge is 2.30. The van der Waals surface area contributed by atoms with Gasteiger partial charge in [0, 0.05) is 14.1 Å². The summed E-state index contributed by atoms with van der Waals surface area (Å²) in [6, 6.07) is 4.54. The van der Waals surface area contributed by atoms with Crippen molar-refractivity contribution in [1.29, 1.82) is 0 Å². The number of halogens is 4. The molecule has 0 bridgehead atoms. The summed E-state index contributed by atoms with van der Waals surface area (Å²) in [6.45, 7) is 0. The number of nitrogens with zero attached hydrogens (tertiary/aromatic N) is 1. The first-order valence-electron chi connectivity index (χ1n) is 4.53. The van der Waals surface area contributed by atoms with Gasteiger partial charge in [-0.05, 0) is 24.3 Å². The first-order valence-corrected chi connectivity index (χ1v) is 4.53. The minimum Gasteiger partial charge on any atom is -0.410 e. The fourth-order valence-electron chi connectivity index (χ4n) is 0.901. The predicted molar refractivity (Wildman–Crippen MR) is 60.1 cm³/mol. The molecule has 1 aromatic carbocycles. The second kappa shape index (κ2) is 6.34. The molecule has 1 aromatic rings. The van der Waals surface area contributed by atoms with Gasteiger partial charge in [-0.2, -0.15) is 0 Å². The minimum absolute atomic E-state index is 0. The van der Waals surface area contributed by atoms with Crippen LogP contribution in [-0.2, 0) is 0 Å². The molecule has 0 N–H and O–H groups in total. The molecule has 18 heavy (non-hydrogen) atoms. The van der Waals surface area contributed by atoms with E-state index in [2.05, 4.69) is 4.74 Å². The number of carbonyl (C=O) groups excluding carboxylic acids is 1. The molecule has 0 fully saturated rings. The molecule has 0 saturated carbocycles. The van der Waals surface area contributed by atoms with Gasteiger partial charge in [-0.25, -0.2) is 4.79 Å². The second-order valence-corrected chi connectivity index (χ2v) is 3.28. The summed E-state index contributed by atoms with van der Waals surface area (Å²) in [5.41, 5.74) is 0. The standard InChI is InChI=1S/C10H10F3NO3.ClH/c1-14(2)9(15)16-7-3-5-8(6-4-7)17-10(11,12)13;/h3-6H,1-2H3;1H. The number of benzene rings is 1. The van der Waals surface area contributed by atoms with Crippen LogP contribution in [0.2, 0.25) is 0 Å². The van der Waals surface area contributed by atoms with Crippen molar-refractivity contribution in [2.75, 3.05) is 14.1 Å². The van der Waals surface area contributed by atoms with Gasteiger partial charge in [0.15, 0.2) is 0 Å². The van der Waals surface area contributed by atoms with Crippen molar-refractivity contribution in [3.05, 3.63) is 24.3 Å². The molecule has 0 aromatic heterocycles. The number of hydrogen-bond acceptors (Lipinski definition) is 3. The second-order valence-electron chi connectivity index (χ2n) is 3.28. The van der Waals surface area contributed by atoms with E-state index in [-0.39, 0.29) is 23.9 Å². The van der Waals surface area contributed by atoms with Crippen LogP contribution < -0.4 is 9.47 Å². The molecule has 1 amide bonds. The summed E-state index contributed by atoms with van der Waals surface area (Å²) in [5, 5.41) is 0. The highest BCUT2D eigenvalue weighted by molar-refractivity contribution is 5.85. The van der Waals surface area contributed by atoms with Crippen LogP contribution in [0.3, 0.4) is 0 Å². The Kier molecular flexibility index (Phi) is 5.77. The van der Waals surface area contributed by atoms with Gasteiger partial charge in [-0.15, -0.1) is 25.6 Å². The van der Waals surface area contributed by atoms with E-state index in [0.29, 0.717) is 0 Å². The normalized spacial score (nSPS) is 10.3. The summed E-state index contributed by atoms with van der Waals surface area (Å²) in [4.78, 5) is 12.3. The van der Waals surface area contributed by atoms with Crippen molar-refractivity contribution in [3.8, 4) is 11.5 Å². The van der Waals surface area contributed by atoms with Crippen LogP contribution in [0, 0.1) is 0 Å². The van der Waals surface area contributed by atoms with Crippen LogP contribution in [0.4, 0.5) is 18.0 Å². The SMILES string of the molecule is CN(C)C(=O)Oc1ccc(OC(F)(F)F)cc1.Cl. The predicted octanol–water partition coefficient (Wildman–Crippen LogP) is 3.07. The summed E-state index contributed by atoms with van der Waals surface area (Å²) in [5.74, 6) is -0.236. The third-order valence-electron chi connectivity index (χ3n) is 1.63. The largest absolute Gasteiger partial charge is 0.573 e. The first-order chi connectivity index (χ1) is 7.78. The van der Waals surface area contributed by atoms with Crippen molar-refractivity contribution in [3.63, 3.8) is 0 Å². The Hall–Kier alpha value is -1.63. The first kappa shape index (κ1) is 16.4. The number of rotatable bonds is 2. The van der Waals surface area contributed by atoms with Crippen LogP contribution in [0.1, 0.15) is 0 Å². The van der Waals surface area contributed by atoms with Crippen molar-refractivity contribution < 1.29 is 27.4 Å². The maximum Gasteiger partial charge on any atom is 0.573 e. The number of carbonyl (C=O) groups is 1. The highest BCUT2D eigenvalue weighted by atomic mass is 35.5. The number of ether oxygens (including phenoxy) is 2. The Morgan fingerprint density at radius 1 is 1.11 bits per heavy atom. The zero-order valence-corrected chi connectivity index (χ0v) is 10.3. The third kappa shape index (κ3) is 5.62. The number of alkyl halides is 3. The van der Waals surface area contributed by atoms with Crippen LogP contribution in [-0.4, -0.2) is 31.5 Å². The van der Waals surface area contributed by atoms with Crippen LogP contribution in [0.15, 0.2) is 24.3 Å². The number of hydrogen-bond donors (Lipinski definition) is 0.